The number of anilines is 1. The summed E-state index contributed by atoms with van der Waals surface area (Å²) in [7, 11) is 0. The zero-order valence-corrected chi connectivity index (χ0v) is 17.1. The number of nitrogens with zero attached hydrogens (tertiary/aromatic N) is 1. The Morgan fingerprint density at radius 1 is 1.00 bits per heavy atom. The van der Waals surface area contributed by atoms with Crippen molar-refractivity contribution in [1.29, 1.82) is 0 Å². The molecule has 1 atom stereocenters. The number of rotatable bonds is 2. The first-order valence-corrected chi connectivity index (χ1v) is 9.98. The molecule has 0 spiro atoms. The summed E-state index contributed by atoms with van der Waals surface area (Å²) in [6.07, 6.45) is -3.85. The lowest BCUT2D eigenvalue weighted by atomic mass is 9.69. The zero-order chi connectivity index (χ0) is 22.6. The molecule has 0 N–H and O–H groups in total. The molecule has 0 fully saturated rings. The van der Waals surface area contributed by atoms with Crippen molar-refractivity contribution in [3.05, 3.63) is 76.7 Å². The predicted octanol–water partition coefficient (Wildman–Crippen LogP) is 6.01. The Labute approximate surface area is 177 Å². The summed E-state index contributed by atoms with van der Waals surface area (Å²) in [6.45, 7) is 3.83. The van der Waals surface area contributed by atoms with Crippen LogP contribution in [0.15, 0.2) is 59.8 Å². The van der Waals surface area contributed by atoms with Gasteiger partial charge in [0.1, 0.15) is 5.82 Å². The first-order chi connectivity index (χ1) is 14.5. The normalized spacial score (nSPS) is 21.4. The molecule has 31 heavy (non-hydrogen) atoms. The van der Waals surface area contributed by atoms with Gasteiger partial charge in [0.05, 0.1) is 5.56 Å². The van der Waals surface area contributed by atoms with Crippen LogP contribution in [0.3, 0.4) is 0 Å². The molecule has 2 aromatic carbocycles. The highest BCUT2D eigenvalue weighted by atomic mass is 19.4. The molecule has 0 saturated heterocycles. The van der Waals surface area contributed by atoms with Gasteiger partial charge >= 0.3 is 6.18 Å². The van der Waals surface area contributed by atoms with Gasteiger partial charge in [0.2, 0.25) is 5.91 Å². The van der Waals surface area contributed by atoms with Crippen molar-refractivity contribution >= 4 is 17.4 Å². The van der Waals surface area contributed by atoms with Gasteiger partial charge in [-0.3, -0.25) is 14.5 Å². The van der Waals surface area contributed by atoms with Crippen molar-refractivity contribution in [2.45, 2.75) is 45.2 Å². The van der Waals surface area contributed by atoms with E-state index in [2.05, 4.69) is 0 Å². The highest BCUT2D eigenvalue weighted by Gasteiger charge is 2.44. The highest BCUT2D eigenvalue weighted by molar-refractivity contribution is 6.07. The van der Waals surface area contributed by atoms with Crippen LogP contribution in [0.5, 0.6) is 0 Å². The SMILES string of the molecule is CC1(C)CC(=O)C2=C(C1)N(c1ccc(C(F)(F)F)cc1)C(=O)CC2c1cccc(F)c1. The van der Waals surface area contributed by atoms with E-state index in [0.29, 0.717) is 23.3 Å². The van der Waals surface area contributed by atoms with E-state index in [0.717, 1.165) is 12.1 Å². The molecule has 2 aromatic rings. The molecular formula is C24H21F4NO2. The molecule has 1 amide bonds. The number of Topliss-reactive ketones (excluding diaryl/α,β-unsaturated/α-hetero) is 1. The summed E-state index contributed by atoms with van der Waals surface area (Å²) in [5.74, 6) is -1.49. The summed E-state index contributed by atoms with van der Waals surface area (Å²) in [5.41, 5.74) is 0.544. The smallest absolute Gasteiger partial charge is 0.294 e. The number of amides is 1. The van der Waals surface area contributed by atoms with Gasteiger partial charge < -0.3 is 0 Å². The van der Waals surface area contributed by atoms with E-state index < -0.39 is 28.9 Å². The van der Waals surface area contributed by atoms with Crippen LogP contribution < -0.4 is 4.90 Å². The fourth-order valence-corrected chi connectivity index (χ4v) is 4.52. The number of carbonyl (C=O) groups is 2. The molecule has 0 radical (unpaired) electrons. The average Bonchev–Trinajstić information content (AvgIpc) is 2.65. The quantitative estimate of drug-likeness (QED) is 0.547. The van der Waals surface area contributed by atoms with Crippen molar-refractivity contribution in [3.63, 3.8) is 0 Å². The lowest BCUT2D eigenvalue weighted by Crippen LogP contribution is -2.43. The van der Waals surface area contributed by atoms with Gasteiger partial charge in [-0.15, -0.1) is 0 Å². The van der Waals surface area contributed by atoms with Gasteiger partial charge in [-0.1, -0.05) is 26.0 Å². The zero-order valence-electron chi connectivity index (χ0n) is 17.1. The van der Waals surface area contributed by atoms with Gasteiger partial charge in [0, 0.05) is 35.7 Å². The predicted molar refractivity (Wildman–Crippen MR) is 108 cm³/mol. The number of allylic oxidation sites excluding steroid dienone is 2. The first-order valence-electron chi connectivity index (χ1n) is 9.98. The van der Waals surface area contributed by atoms with Crippen molar-refractivity contribution in [2.24, 2.45) is 5.41 Å². The molecule has 0 saturated carbocycles. The Hall–Kier alpha value is -2.96. The standard InChI is InChI=1S/C24H21F4NO2/c1-23(2)12-19-22(20(30)13-23)18(14-4-3-5-16(25)10-14)11-21(31)29(19)17-8-6-15(7-9-17)24(26,27)28/h3-10,18H,11-13H2,1-2H3. The monoisotopic (exact) mass is 431 g/mol. The van der Waals surface area contributed by atoms with Crippen LogP contribution in [0.1, 0.15) is 50.2 Å². The minimum absolute atomic E-state index is 0.0600. The Morgan fingerprint density at radius 2 is 1.68 bits per heavy atom. The Balaban J connectivity index is 1.85. The minimum Gasteiger partial charge on any atom is -0.294 e. The number of hydrogen-bond donors (Lipinski definition) is 0. The largest absolute Gasteiger partial charge is 0.416 e. The average molecular weight is 431 g/mol. The van der Waals surface area contributed by atoms with Crippen LogP contribution in [0.4, 0.5) is 23.2 Å². The third-order valence-electron chi connectivity index (χ3n) is 5.85. The second-order valence-electron chi connectivity index (χ2n) is 8.89. The molecule has 3 nitrogen and oxygen atoms in total. The van der Waals surface area contributed by atoms with Crippen LogP contribution in [0.2, 0.25) is 0 Å². The van der Waals surface area contributed by atoms with E-state index in [9.17, 15) is 27.2 Å². The second kappa shape index (κ2) is 7.32. The summed E-state index contributed by atoms with van der Waals surface area (Å²) < 4.78 is 52.8. The molecule has 0 aromatic heterocycles. The van der Waals surface area contributed by atoms with E-state index in [1.165, 1.54) is 35.2 Å². The molecule has 1 heterocycles. The second-order valence-corrected chi connectivity index (χ2v) is 8.89. The molecule has 1 unspecified atom stereocenters. The van der Waals surface area contributed by atoms with Gasteiger partial charge in [0.25, 0.3) is 0 Å². The molecule has 7 heteroatoms. The summed E-state index contributed by atoms with van der Waals surface area (Å²) in [5, 5.41) is 0. The maximum atomic E-state index is 13.9. The molecule has 2 aliphatic rings. The molecule has 1 aliphatic carbocycles. The van der Waals surface area contributed by atoms with E-state index in [-0.39, 0.29) is 30.2 Å². The molecule has 1 aliphatic heterocycles. The van der Waals surface area contributed by atoms with Gasteiger partial charge in [0.15, 0.2) is 5.78 Å². The fourth-order valence-electron chi connectivity index (χ4n) is 4.52. The van der Waals surface area contributed by atoms with Crippen LogP contribution in [0, 0.1) is 11.2 Å². The lowest BCUT2D eigenvalue weighted by Gasteiger charge is -2.43. The Morgan fingerprint density at radius 3 is 2.29 bits per heavy atom. The minimum atomic E-state index is -4.49. The highest BCUT2D eigenvalue weighted by Crippen LogP contribution is 2.48. The van der Waals surface area contributed by atoms with Crippen molar-refractivity contribution in [2.75, 3.05) is 4.90 Å². The van der Waals surface area contributed by atoms with Gasteiger partial charge in [-0.25, -0.2) is 4.39 Å². The van der Waals surface area contributed by atoms with Crippen LogP contribution in [-0.2, 0) is 15.8 Å². The van der Waals surface area contributed by atoms with E-state index in [1.807, 2.05) is 13.8 Å². The van der Waals surface area contributed by atoms with E-state index in [4.69, 9.17) is 0 Å². The maximum absolute atomic E-state index is 13.9. The number of alkyl halides is 3. The third kappa shape index (κ3) is 4.01. The molecular weight excluding hydrogens is 410 g/mol. The van der Waals surface area contributed by atoms with Crippen LogP contribution >= 0.6 is 0 Å². The van der Waals surface area contributed by atoms with Crippen molar-refractivity contribution < 1.29 is 27.2 Å². The number of hydrogen-bond acceptors (Lipinski definition) is 2. The van der Waals surface area contributed by atoms with Crippen LogP contribution in [0.25, 0.3) is 0 Å². The molecule has 162 valence electrons. The topological polar surface area (TPSA) is 37.4 Å². The first kappa shape index (κ1) is 21.3. The lowest BCUT2D eigenvalue weighted by molar-refractivity contribution is -0.137. The molecule has 0 bridgehead atoms. The maximum Gasteiger partial charge on any atom is 0.416 e. The summed E-state index contributed by atoms with van der Waals surface area (Å²) in [4.78, 5) is 27.7. The Kier molecular flexibility index (Phi) is 5.03. The van der Waals surface area contributed by atoms with Gasteiger partial charge in [-0.2, -0.15) is 13.2 Å². The van der Waals surface area contributed by atoms with E-state index in [1.54, 1.807) is 6.07 Å². The fraction of sp³-hybridized carbons (Fsp3) is 0.333. The summed E-state index contributed by atoms with van der Waals surface area (Å²) in [6, 6.07) is 10.2. The Bertz CT molecular complexity index is 1080. The van der Waals surface area contributed by atoms with Crippen molar-refractivity contribution in [3.8, 4) is 0 Å². The molecule has 4 rings (SSSR count). The van der Waals surface area contributed by atoms with Gasteiger partial charge in [-0.05, 0) is 53.8 Å². The van der Waals surface area contributed by atoms with E-state index >= 15 is 0 Å². The number of carbonyl (C=O) groups excluding carboxylic acids is 2. The number of benzene rings is 2. The number of halogens is 4. The third-order valence-corrected chi connectivity index (χ3v) is 5.85. The van der Waals surface area contributed by atoms with Crippen molar-refractivity contribution in [1.82, 2.24) is 0 Å². The van der Waals surface area contributed by atoms with Crippen LogP contribution in [-0.4, -0.2) is 11.7 Å². The number of ketones is 1. The summed E-state index contributed by atoms with van der Waals surface area (Å²) >= 11 is 0.